The lowest BCUT2D eigenvalue weighted by atomic mass is 9.89. The summed E-state index contributed by atoms with van der Waals surface area (Å²) in [7, 11) is 0. The summed E-state index contributed by atoms with van der Waals surface area (Å²) in [4.78, 5) is 14.5. The van der Waals surface area contributed by atoms with Gasteiger partial charge in [0, 0.05) is 24.6 Å². The summed E-state index contributed by atoms with van der Waals surface area (Å²) in [5.74, 6) is 0.566. The van der Waals surface area contributed by atoms with Crippen LogP contribution < -0.4 is 5.32 Å². The van der Waals surface area contributed by atoms with Crippen molar-refractivity contribution >= 4 is 23.1 Å². The van der Waals surface area contributed by atoms with E-state index in [1.54, 1.807) is 18.4 Å². The molecule has 2 heterocycles. The second kappa shape index (κ2) is 7.57. The number of hydrogen-bond acceptors (Lipinski definition) is 3. The minimum Gasteiger partial charge on any atom is -0.467 e. The quantitative estimate of drug-likeness (QED) is 0.679. The van der Waals surface area contributed by atoms with Crippen LogP contribution >= 0.6 is 12.2 Å². The number of thiocarbonyl (C=S) groups is 1. The van der Waals surface area contributed by atoms with Gasteiger partial charge in [-0.1, -0.05) is 0 Å². The number of ketones is 1. The summed E-state index contributed by atoms with van der Waals surface area (Å²) in [6.07, 6.45) is 3.13. The third-order valence-electron chi connectivity index (χ3n) is 4.28. The first-order chi connectivity index (χ1) is 11.6. The number of benzene rings is 1. The first-order valence-electron chi connectivity index (χ1n) is 7.98. The zero-order valence-electron chi connectivity index (χ0n) is 13.2. The Hall–Kier alpha value is -2.21. The maximum Gasteiger partial charge on any atom is 0.169 e. The predicted molar refractivity (Wildman–Crippen MR) is 93.2 cm³/mol. The van der Waals surface area contributed by atoms with Crippen molar-refractivity contribution < 1.29 is 13.6 Å². The fourth-order valence-electron chi connectivity index (χ4n) is 2.88. The highest BCUT2D eigenvalue weighted by molar-refractivity contribution is 7.80. The molecule has 24 heavy (non-hydrogen) atoms. The van der Waals surface area contributed by atoms with Crippen LogP contribution in [0.5, 0.6) is 0 Å². The number of carbonyl (C=O) groups excluding carboxylic acids is 1. The van der Waals surface area contributed by atoms with Gasteiger partial charge >= 0.3 is 0 Å². The Morgan fingerprint density at radius 2 is 1.96 bits per heavy atom. The lowest BCUT2D eigenvalue weighted by Crippen LogP contribution is -2.45. The van der Waals surface area contributed by atoms with Crippen LogP contribution in [0.4, 0.5) is 4.39 Å². The van der Waals surface area contributed by atoms with Crippen molar-refractivity contribution in [2.75, 3.05) is 13.1 Å². The van der Waals surface area contributed by atoms with E-state index >= 15 is 0 Å². The highest BCUT2D eigenvalue weighted by Gasteiger charge is 2.26. The number of piperidine rings is 1. The van der Waals surface area contributed by atoms with Gasteiger partial charge in [-0.3, -0.25) is 4.79 Å². The first kappa shape index (κ1) is 16.6. The molecule has 1 aromatic carbocycles. The lowest BCUT2D eigenvalue weighted by Gasteiger charge is -2.33. The number of Topliss-reactive ketones (excluding diaryl/α,β-unsaturated/α-hetero) is 1. The van der Waals surface area contributed by atoms with E-state index in [2.05, 4.69) is 10.2 Å². The van der Waals surface area contributed by atoms with Crippen LogP contribution in [-0.2, 0) is 6.54 Å². The zero-order chi connectivity index (χ0) is 16.9. The molecule has 0 spiro atoms. The van der Waals surface area contributed by atoms with Gasteiger partial charge in [0.2, 0.25) is 0 Å². The van der Waals surface area contributed by atoms with Gasteiger partial charge in [-0.25, -0.2) is 4.39 Å². The number of carbonyl (C=O) groups is 1. The van der Waals surface area contributed by atoms with E-state index in [1.165, 1.54) is 12.1 Å². The summed E-state index contributed by atoms with van der Waals surface area (Å²) in [5.41, 5.74) is 0.577. The van der Waals surface area contributed by atoms with Crippen LogP contribution in [0.1, 0.15) is 29.0 Å². The molecule has 1 aliphatic heterocycles. The van der Waals surface area contributed by atoms with Crippen molar-refractivity contribution in [3.8, 4) is 0 Å². The standard InChI is InChI=1S/C18H19FN2O2S/c19-15-5-3-13(4-6-15)17(22)14-7-9-21(10-8-14)18(24)20-12-16-2-1-11-23-16/h1-6,11,14H,7-10,12H2,(H,20,24). The molecule has 1 fully saturated rings. The number of likely N-dealkylation sites (tertiary alicyclic amines) is 1. The van der Waals surface area contributed by atoms with E-state index in [4.69, 9.17) is 16.6 Å². The maximum absolute atomic E-state index is 13.0. The fourth-order valence-corrected chi connectivity index (χ4v) is 3.14. The van der Waals surface area contributed by atoms with E-state index in [0.717, 1.165) is 31.7 Å². The highest BCUT2D eigenvalue weighted by atomic mass is 32.1. The minimum absolute atomic E-state index is 0.0282. The monoisotopic (exact) mass is 346 g/mol. The zero-order valence-corrected chi connectivity index (χ0v) is 14.0. The number of halogens is 1. The Balaban J connectivity index is 1.49. The molecular formula is C18H19FN2O2S. The molecular weight excluding hydrogens is 327 g/mol. The van der Waals surface area contributed by atoms with E-state index < -0.39 is 0 Å². The molecule has 0 amide bonds. The van der Waals surface area contributed by atoms with Gasteiger partial charge in [-0.05, 0) is 61.5 Å². The van der Waals surface area contributed by atoms with Crippen molar-refractivity contribution in [2.24, 2.45) is 5.92 Å². The van der Waals surface area contributed by atoms with Gasteiger partial charge in [-0.2, -0.15) is 0 Å². The average molecular weight is 346 g/mol. The Labute approximate surface area is 145 Å². The minimum atomic E-state index is -0.325. The highest BCUT2D eigenvalue weighted by Crippen LogP contribution is 2.22. The normalized spacial score (nSPS) is 15.3. The number of nitrogens with one attached hydrogen (secondary N) is 1. The summed E-state index contributed by atoms with van der Waals surface area (Å²) >= 11 is 5.41. The summed E-state index contributed by atoms with van der Waals surface area (Å²) in [6.45, 7) is 2.03. The van der Waals surface area contributed by atoms with Gasteiger partial charge in [0.25, 0.3) is 0 Å². The van der Waals surface area contributed by atoms with Gasteiger partial charge in [0.15, 0.2) is 10.9 Å². The summed E-state index contributed by atoms with van der Waals surface area (Å²) < 4.78 is 18.2. The van der Waals surface area contributed by atoms with Crippen LogP contribution in [0.3, 0.4) is 0 Å². The van der Waals surface area contributed by atoms with E-state index in [-0.39, 0.29) is 17.5 Å². The summed E-state index contributed by atoms with van der Waals surface area (Å²) in [6, 6.07) is 9.50. The second-order valence-corrected chi connectivity index (χ2v) is 6.26. The number of hydrogen-bond donors (Lipinski definition) is 1. The molecule has 0 unspecified atom stereocenters. The van der Waals surface area contributed by atoms with Crippen LogP contribution in [0, 0.1) is 11.7 Å². The molecule has 4 nitrogen and oxygen atoms in total. The van der Waals surface area contributed by atoms with E-state index in [9.17, 15) is 9.18 Å². The van der Waals surface area contributed by atoms with Crippen LogP contribution in [0.25, 0.3) is 0 Å². The topological polar surface area (TPSA) is 45.5 Å². The molecule has 1 saturated heterocycles. The second-order valence-electron chi connectivity index (χ2n) is 5.87. The molecule has 0 radical (unpaired) electrons. The lowest BCUT2D eigenvalue weighted by molar-refractivity contribution is 0.0872. The smallest absolute Gasteiger partial charge is 0.169 e. The number of furan rings is 1. The maximum atomic E-state index is 13.0. The number of nitrogens with zero attached hydrogens (tertiary/aromatic N) is 1. The van der Waals surface area contributed by atoms with Crippen molar-refractivity contribution in [1.82, 2.24) is 10.2 Å². The Bertz CT molecular complexity index is 692. The molecule has 126 valence electrons. The molecule has 1 aromatic heterocycles. The molecule has 2 aromatic rings. The third kappa shape index (κ3) is 4.00. The molecule has 0 atom stereocenters. The first-order valence-corrected chi connectivity index (χ1v) is 8.39. The van der Waals surface area contributed by atoms with E-state index in [1.807, 2.05) is 12.1 Å². The van der Waals surface area contributed by atoms with Gasteiger partial charge in [0.1, 0.15) is 11.6 Å². The summed E-state index contributed by atoms with van der Waals surface area (Å²) in [5, 5.41) is 3.85. The average Bonchev–Trinajstić information content (AvgIpc) is 3.13. The largest absolute Gasteiger partial charge is 0.467 e. The van der Waals surface area contributed by atoms with Crippen molar-refractivity contribution in [3.63, 3.8) is 0 Å². The fraction of sp³-hybridized carbons (Fsp3) is 0.333. The SMILES string of the molecule is O=C(c1ccc(F)cc1)C1CCN(C(=S)NCc2ccco2)CC1. The van der Waals surface area contributed by atoms with E-state index in [0.29, 0.717) is 17.2 Å². The molecule has 1 N–H and O–H groups in total. The molecule has 0 bridgehead atoms. The molecule has 1 aliphatic rings. The van der Waals surface area contributed by atoms with Gasteiger partial charge in [0.05, 0.1) is 12.8 Å². The Morgan fingerprint density at radius 3 is 2.58 bits per heavy atom. The molecule has 0 aliphatic carbocycles. The van der Waals surface area contributed by atoms with Gasteiger partial charge < -0.3 is 14.6 Å². The van der Waals surface area contributed by atoms with Crippen LogP contribution in [0.15, 0.2) is 47.1 Å². The van der Waals surface area contributed by atoms with Crippen molar-refractivity contribution in [3.05, 3.63) is 59.8 Å². The third-order valence-corrected chi connectivity index (χ3v) is 4.68. The van der Waals surface area contributed by atoms with Crippen LogP contribution in [0.2, 0.25) is 0 Å². The molecule has 6 heteroatoms. The van der Waals surface area contributed by atoms with Crippen LogP contribution in [-0.4, -0.2) is 28.9 Å². The van der Waals surface area contributed by atoms with Gasteiger partial charge in [-0.15, -0.1) is 0 Å². The Kier molecular flexibility index (Phi) is 5.25. The number of rotatable bonds is 4. The predicted octanol–water partition coefficient (Wildman–Crippen LogP) is 3.39. The van der Waals surface area contributed by atoms with Crippen molar-refractivity contribution in [1.29, 1.82) is 0 Å². The molecule has 3 rings (SSSR count). The van der Waals surface area contributed by atoms with Crippen molar-refractivity contribution in [2.45, 2.75) is 19.4 Å². The molecule has 0 saturated carbocycles. The Morgan fingerprint density at radius 1 is 1.25 bits per heavy atom.